The monoisotopic (exact) mass is 1780 g/mol. The minimum Gasteiger partial charge on any atom is -0.394 e. The van der Waals surface area contributed by atoms with Crippen molar-refractivity contribution in [2.75, 3.05) is 132 Å². The van der Waals surface area contributed by atoms with Crippen molar-refractivity contribution >= 4 is 64.9 Å². The lowest BCUT2D eigenvalue weighted by molar-refractivity contribution is -0.270. The summed E-state index contributed by atoms with van der Waals surface area (Å²) in [7, 11) is 0. The van der Waals surface area contributed by atoms with Crippen LogP contribution >= 0.6 is 0 Å². The van der Waals surface area contributed by atoms with Gasteiger partial charge in [0.2, 0.25) is 59.1 Å². The molecule has 4 aliphatic heterocycles. The number of carbonyl (C=O) groups is 11. The minimum absolute atomic E-state index is 0.0168. The van der Waals surface area contributed by atoms with Gasteiger partial charge in [0.05, 0.1) is 83.8 Å². The van der Waals surface area contributed by atoms with E-state index in [-0.39, 0.29) is 209 Å². The molecule has 41 heteroatoms. The maximum absolute atomic E-state index is 14.2. The SMILES string of the molecule is CC(=O)NC1C(OCCCCC(=O)NCCCNC(=O)CCOCC(COCCC(=O)NCCCNC(=O)CCCCOC2OC(CO)C(O)C(O)C2NC(C)=O)(COCCC(=O)NCCCNC(=O)CCCCOC2OC(CO)C(O)C(O)C2NC(C)=O)CC(=O)CCCCCCCCCCC(=O)N2C[C@H](O)C[C@H]2COC(C)(C)C)OC(CO)C(O)C1O. The van der Waals surface area contributed by atoms with E-state index in [0.717, 1.165) is 44.9 Å². The number of ketones is 1. The summed E-state index contributed by atoms with van der Waals surface area (Å²) < 4.78 is 58.4. The highest BCUT2D eigenvalue weighted by molar-refractivity contribution is 5.80. The fraction of sp³-hybridized carbons (Fsp3) is 0.867. The van der Waals surface area contributed by atoms with E-state index in [9.17, 15) is 104 Å². The van der Waals surface area contributed by atoms with Crippen LogP contribution in [-0.2, 0) is 100 Å². The van der Waals surface area contributed by atoms with Gasteiger partial charge in [0, 0.05) is 150 Å². The van der Waals surface area contributed by atoms with Crippen LogP contribution in [0, 0.1) is 5.41 Å². The number of β-amino-alcohol motifs (C(OH)–C–C–N with tert-alkyl or cyclic N) is 1. The molecule has 4 heterocycles. The Bertz CT molecular complexity index is 2870. The molecule has 19 N–H and O–H groups in total. The highest BCUT2D eigenvalue weighted by atomic mass is 16.7. The van der Waals surface area contributed by atoms with E-state index in [4.69, 9.17) is 47.4 Å². The molecule has 4 rings (SSSR count). The molecule has 4 fully saturated rings. The predicted octanol–water partition coefficient (Wildman–Crippen LogP) is -2.91. The third-order valence-electron chi connectivity index (χ3n) is 21.2. The van der Waals surface area contributed by atoms with Crippen LogP contribution < -0.4 is 47.9 Å². The Morgan fingerprint density at radius 1 is 0.371 bits per heavy atom. The first-order valence-corrected chi connectivity index (χ1v) is 44.2. The van der Waals surface area contributed by atoms with Crippen LogP contribution in [0.5, 0.6) is 0 Å². The molecule has 10 amide bonds. The second-order valence-electron chi connectivity index (χ2n) is 33.4. The molecule has 0 aromatic rings. The number of aliphatic hydroxyl groups excluding tert-OH is 10. The Hall–Kier alpha value is -6.43. The van der Waals surface area contributed by atoms with Crippen molar-refractivity contribution in [3.63, 3.8) is 0 Å². The molecule has 4 saturated heterocycles. The Balaban J connectivity index is 1.31. The van der Waals surface area contributed by atoms with Crippen LogP contribution in [0.15, 0.2) is 0 Å². The first-order valence-electron chi connectivity index (χ1n) is 44.2. The number of Topliss-reactive ketones (excluding diaryl/α,β-unsaturated/α-hetero) is 1. The van der Waals surface area contributed by atoms with E-state index in [1.165, 1.54) is 20.8 Å². The van der Waals surface area contributed by atoms with Gasteiger partial charge in [-0.2, -0.15) is 0 Å². The number of amides is 10. The molecule has 0 spiro atoms. The number of hydrogen-bond acceptors (Lipinski definition) is 31. The number of carbonyl (C=O) groups excluding carboxylic acids is 11. The molecular weight excluding hydrogens is 1630 g/mol. The Labute approximate surface area is 727 Å². The molecule has 0 radical (unpaired) electrons. The van der Waals surface area contributed by atoms with Gasteiger partial charge in [-0.05, 0) is 97.8 Å². The smallest absolute Gasteiger partial charge is 0.222 e. The van der Waals surface area contributed by atoms with E-state index in [2.05, 4.69) is 47.9 Å². The lowest BCUT2D eigenvalue weighted by Gasteiger charge is -2.42. The summed E-state index contributed by atoms with van der Waals surface area (Å²) in [5, 5.41) is 126. The third kappa shape index (κ3) is 45.0. The maximum atomic E-state index is 14.2. The second kappa shape index (κ2) is 61.9. The minimum atomic E-state index is -1.46. The fourth-order valence-corrected chi connectivity index (χ4v) is 14.4. The van der Waals surface area contributed by atoms with Gasteiger partial charge in [-0.3, -0.25) is 52.7 Å². The molecule has 0 saturated carbocycles. The van der Waals surface area contributed by atoms with Gasteiger partial charge >= 0.3 is 0 Å². The van der Waals surface area contributed by atoms with Gasteiger partial charge in [-0.25, -0.2) is 0 Å². The zero-order chi connectivity index (χ0) is 91.4. The van der Waals surface area contributed by atoms with E-state index >= 15 is 0 Å². The summed E-state index contributed by atoms with van der Waals surface area (Å²) in [6.07, 6.45) is -4.88. The lowest BCUT2D eigenvalue weighted by atomic mass is 9.84. The van der Waals surface area contributed by atoms with Crippen molar-refractivity contribution in [3.05, 3.63) is 0 Å². The summed E-state index contributed by atoms with van der Waals surface area (Å²) in [5.41, 5.74) is -1.55. The first-order chi connectivity index (χ1) is 59.2. The van der Waals surface area contributed by atoms with Crippen LogP contribution in [0.4, 0.5) is 0 Å². The normalized spacial score (nSPS) is 25.0. The summed E-state index contributed by atoms with van der Waals surface area (Å²) in [4.78, 5) is 142. The number of ether oxygens (including phenoxy) is 10. The number of rotatable bonds is 66. The number of unbranched alkanes of at least 4 members (excludes halogenated alkanes) is 10. The van der Waals surface area contributed by atoms with Crippen molar-refractivity contribution in [1.29, 1.82) is 0 Å². The lowest BCUT2D eigenvalue weighted by Crippen LogP contribution is -2.64. The quantitative estimate of drug-likeness (QED) is 0.0271. The van der Waals surface area contributed by atoms with Crippen LogP contribution in [0.3, 0.4) is 0 Å². The van der Waals surface area contributed by atoms with E-state index in [1.54, 1.807) is 4.90 Å². The molecule has 15 unspecified atom stereocenters. The molecule has 0 aromatic heterocycles. The average Bonchev–Trinajstić information content (AvgIpc) is 1.01. The highest BCUT2D eigenvalue weighted by Crippen LogP contribution is 2.30. The molecule has 0 aromatic carbocycles. The first kappa shape index (κ1) is 110. The van der Waals surface area contributed by atoms with Gasteiger partial charge in [0.15, 0.2) is 18.9 Å². The van der Waals surface area contributed by atoms with Gasteiger partial charge in [0.25, 0.3) is 0 Å². The van der Waals surface area contributed by atoms with Crippen LogP contribution in [0.25, 0.3) is 0 Å². The Kier molecular flexibility index (Phi) is 54.9. The third-order valence-corrected chi connectivity index (χ3v) is 21.2. The van der Waals surface area contributed by atoms with E-state index in [0.29, 0.717) is 90.2 Å². The van der Waals surface area contributed by atoms with Gasteiger partial charge in [0.1, 0.15) is 78.8 Å². The summed E-state index contributed by atoms with van der Waals surface area (Å²) in [6.45, 7) is 9.36. The maximum Gasteiger partial charge on any atom is 0.222 e. The Morgan fingerprint density at radius 3 is 0.976 bits per heavy atom. The molecule has 4 aliphatic rings. The fourth-order valence-electron chi connectivity index (χ4n) is 14.4. The van der Waals surface area contributed by atoms with Crippen molar-refractivity contribution in [2.45, 2.75) is 325 Å². The van der Waals surface area contributed by atoms with Crippen molar-refractivity contribution < 1.29 is 151 Å². The number of nitrogens with zero attached hydrogens (tertiary/aromatic N) is 1. The van der Waals surface area contributed by atoms with Crippen LogP contribution in [-0.4, -0.2) is 362 Å². The Morgan fingerprint density at radius 2 is 0.669 bits per heavy atom. The predicted molar refractivity (Wildman–Crippen MR) is 444 cm³/mol. The highest BCUT2D eigenvalue weighted by Gasteiger charge is 2.48. The van der Waals surface area contributed by atoms with Crippen molar-refractivity contribution in [3.8, 4) is 0 Å². The summed E-state index contributed by atoms with van der Waals surface area (Å²) in [5.74, 6) is -3.39. The second-order valence-corrected chi connectivity index (χ2v) is 33.4. The molecule has 41 nitrogen and oxygen atoms in total. The molecule has 124 heavy (non-hydrogen) atoms. The van der Waals surface area contributed by atoms with Crippen LogP contribution in [0.2, 0.25) is 0 Å². The number of hydrogen-bond donors (Lipinski definition) is 19. The molecular formula is C83H148N10O31. The standard InChI is InChI=1S/C83H148N10O31/c1-54(97)90-70-76(112)73(109)60(47-94)122-79(70)118-38-18-15-25-63(102)84-32-21-35-87-66(105)29-41-115-51-83(45-58(100)24-13-11-9-7-8-10-12-14-28-69(108)93-46-59(101)44-57(93)50-121-82(4,5)6,52-116-42-30-67(106)88-36-22-33-85-64(103)26-16-19-39-119-80-71(91-55(2)98)77(113)74(110)61(48-95)123-80)53-117-43-31-68(107)89-37-23-34-86-65(104)27-17-20-40-120-81-72(92-56(3)99)78(114)75(111)62(49-96)124-81/h57,59-62,70-81,94-96,101,109-114H,7-53H2,1-6H3,(H,84,102)(H,85,103)(H,86,104)(H,87,105)(H,88,106)(H,89,107)(H,90,97)(H,91,98)(H,92,99)/t57-,59+,60?,61?,62?,70?,71?,72?,73?,74?,75?,76?,77?,78?,79?,80?,81?,83?/m0/s1. The molecule has 0 bridgehead atoms. The van der Waals surface area contributed by atoms with Gasteiger partial charge in [-0.15, -0.1) is 0 Å². The van der Waals surface area contributed by atoms with E-state index < -0.39 is 141 Å². The van der Waals surface area contributed by atoms with E-state index in [1.807, 2.05) is 20.8 Å². The molecule has 716 valence electrons. The van der Waals surface area contributed by atoms with Crippen LogP contribution in [0.1, 0.15) is 215 Å². The zero-order valence-electron chi connectivity index (χ0n) is 73.5. The molecule has 0 aliphatic carbocycles. The number of likely N-dealkylation sites (tertiary alicyclic amines) is 1. The average molecular weight is 1780 g/mol. The number of nitrogens with one attached hydrogen (secondary N) is 9. The molecule has 17 atom stereocenters. The zero-order valence-corrected chi connectivity index (χ0v) is 73.5. The van der Waals surface area contributed by atoms with Crippen molar-refractivity contribution in [2.24, 2.45) is 5.41 Å². The summed E-state index contributed by atoms with van der Waals surface area (Å²) in [6, 6.07) is -3.45. The van der Waals surface area contributed by atoms with Gasteiger partial charge < -0.3 is 151 Å². The topological polar surface area (TPSA) is 594 Å². The summed E-state index contributed by atoms with van der Waals surface area (Å²) >= 11 is 0. The number of aliphatic hydroxyl groups is 10. The van der Waals surface area contributed by atoms with Crippen molar-refractivity contribution in [1.82, 2.24) is 52.8 Å². The van der Waals surface area contributed by atoms with Gasteiger partial charge in [-0.1, -0.05) is 38.5 Å². The largest absolute Gasteiger partial charge is 0.394 e.